The molecule has 1 aliphatic rings. The molecule has 8 nitrogen and oxygen atoms in total. The fourth-order valence-corrected chi connectivity index (χ4v) is 3.02. The van der Waals surface area contributed by atoms with Crippen molar-refractivity contribution in [2.24, 2.45) is 0 Å². The second-order valence-corrected chi connectivity index (χ2v) is 6.24. The molecule has 1 aliphatic heterocycles. The van der Waals surface area contributed by atoms with Gasteiger partial charge in [-0.25, -0.2) is 4.98 Å². The zero-order valence-electron chi connectivity index (χ0n) is 14.5. The van der Waals surface area contributed by atoms with E-state index >= 15 is 0 Å². The standard InChI is InChI=1S/C17H21N7O/c1-13-14(2)25-16(18-13)12-22-8-10-23(11-9-22)17-19-20-21-24(17)15-6-4-3-5-7-15/h3-7H,8-12H2,1-2H3. The second kappa shape index (κ2) is 6.64. The van der Waals surface area contributed by atoms with E-state index in [2.05, 4.69) is 30.3 Å². The summed E-state index contributed by atoms with van der Waals surface area (Å²) >= 11 is 0. The van der Waals surface area contributed by atoms with Crippen LogP contribution in [0.4, 0.5) is 5.95 Å². The number of hydrogen-bond donors (Lipinski definition) is 0. The van der Waals surface area contributed by atoms with Crippen molar-refractivity contribution in [2.75, 3.05) is 31.1 Å². The van der Waals surface area contributed by atoms with Gasteiger partial charge in [-0.3, -0.25) is 4.90 Å². The van der Waals surface area contributed by atoms with Gasteiger partial charge >= 0.3 is 0 Å². The summed E-state index contributed by atoms with van der Waals surface area (Å²) in [5.41, 5.74) is 1.94. The molecule has 0 amide bonds. The maximum atomic E-state index is 5.69. The average molecular weight is 339 g/mol. The molecule has 3 heterocycles. The highest BCUT2D eigenvalue weighted by Crippen LogP contribution is 2.18. The molecule has 0 aliphatic carbocycles. The van der Waals surface area contributed by atoms with Crippen LogP contribution in [0.15, 0.2) is 34.7 Å². The van der Waals surface area contributed by atoms with Crippen LogP contribution in [0.2, 0.25) is 0 Å². The first-order chi connectivity index (χ1) is 12.2. The Kier molecular flexibility index (Phi) is 4.19. The van der Waals surface area contributed by atoms with Crippen molar-refractivity contribution >= 4 is 5.95 Å². The molecule has 1 fully saturated rings. The molecule has 3 aromatic rings. The van der Waals surface area contributed by atoms with Crippen LogP contribution in [0.5, 0.6) is 0 Å². The van der Waals surface area contributed by atoms with E-state index in [1.807, 2.05) is 44.2 Å². The molecule has 1 saturated heterocycles. The topological polar surface area (TPSA) is 76.1 Å². The van der Waals surface area contributed by atoms with Crippen LogP contribution in [0.3, 0.4) is 0 Å². The molecule has 0 atom stereocenters. The summed E-state index contributed by atoms with van der Waals surface area (Å²) < 4.78 is 7.48. The lowest BCUT2D eigenvalue weighted by Gasteiger charge is -2.34. The number of anilines is 1. The monoisotopic (exact) mass is 339 g/mol. The number of para-hydroxylation sites is 1. The van der Waals surface area contributed by atoms with E-state index in [-0.39, 0.29) is 0 Å². The van der Waals surface area contributed by atoms with Crippen LogP contribution in [0.25, 0.3) is 5.69 Å². The summed E-state index contributed by atoms with van der Waals surface area (Å²) in [5.74, 6) is 2.47. The van der Waals surface area contributed by atoms with Crippen LogP contribution in [-0.2, 0) is 6.54 Å². The molecule has 8 heteroatoms. The molecule has 0 saturated carbocycles. The van der Waals surface area contributed by atoms with Crippen molar-refractivity contribution in [3.63, 3.8) is 0 Å². The van der Waals surface area contributed by atoms with Gasteiger partial charge in [-0.1, -0.05) is 23.3 Å². The average Bonchev–Trinajstić information content (AvgIpc) is 3.24. The van der Waals surface area contributed by atoms with Gasteiger partial charge in [0.1, 0.15) is 5.76 Å². The number of oxazole rings is 1. The van der Waals surface area contributed by atoms with Gasteiger partial charge in [0.05, 0.1) is 17.9 Å². The molecule has 2 aromatic heterocycles. The fourth-order valence-electron chi connectivity index (χ4n) is 3.02. The second-order valence-electron chi connectivity index (χ2n) is 6.24. The van der Waals surface area contributed by atoms with Gasteiger partial charge in [0.25, 0.3) is 0 Å². The quantitative estimate of drug-likeness (QED) is 0.714. The Bertz CT molecular complexity index is 814. The first-order valence-corrected chi connectivity index (χ1v) is 8.45. The van der Waals surface area contributed by atoms with Gasteiger partial charge in [0.2, 0.25) is 11.8 Å². The van der Waals surface area contributed by atoms with Gasteiger partial charge < -0.3 is 9.32 Å². The van der Waals surface area contributed by atoms with E-state index in [4.69, 9.17) is 4.42 Å². The van der Waals surface area contributed by atoms with Gasteiger partial charge in [0.15, 0.2) is 0 Å². The number of tetrazole rings is 1. The summed E-state index contributed by atoms with van der Waals surface area (Å²) in [6, 6.07) is 9.96. The van der Waals surface area contributed by atoms with Gasteiger partial charge in [0, 0.05) is 26.2 Å². The zero-order valence-corrected chi connectivity index (χ0v) is 14.5. The minimum Gasteiger partial charge on any atom is -0.444 e. The highest BCUT2D eigenvalue weighted by atomic mass is 16.4. The number of aryl methyl sites for hydroxylation is 2. The van der Waals surface area contributed by atoms with Crippen LogP contribution in [0.1, 0.15) is 17.3 Å². The van der Waals surface area contributed by atoms with Crippen LogP contribution in [0, 0.1) is 13.8 Å². The number of piperazine rings is 1. The number of nitrogens with zero attached hydrogens (tertiary/aromatic N) is 7. The molecule has 4 rings (SSSR count). The normalized spacial score (nSPS) is 15.7. The number of aromatic nitrogens is 5. The maximum absolute atomic E-state index is 5.69. The Labute approximate surface area is 146 Å². The van der Waals surface area contributed by atoms with Crippen molar-refractivity contribution in [3.05, 3.63) is 47.7 Å². The predicted molar refractivity (Wildman–Crippen MR) is 92.6 cm³/mol. The molecule has 0 bridgehead atoms. The summed E-state index contributed by atoms with van der Waals surface area (Å²) in [5, 5.41) is 12.2. The van der Waals surface area contributed by atoms with E-state index < -0.39 is 0 Å². The summed E-state index contributed by atoms with van der Waals surface area (Å²) in [4.78, 5) is 9.03. The van der Waals surface area contributed by atoms with Crippen molar-refractivity contribution in [2.45, 2.75) is 20.4 Å². The molecule has 130 valence electrons. The molecule has 1 aromatic carbocycles. The lowest BCUT2D eigenvalue weighted by molar-refractivity contribution is 0.223. The Morgan fingerprint density at radius 1 is 1.04 bits per heavy atom. The lowest BCUT2D eigenvalue weighted by atomic mass is 10.3. The van der Waals surface area contributed by atoms with Crippen LogP contribution >= 0.6 is 0 Å². The maximum Gasteiger partial charge on any atom is 0.250 e. The minimum absolute atomic E-state index is 0.742. The smallest absolute Gasteiger partial charge is 0.250 e. The molecule has 0 N–H and O–H groups in total. The van der Waals surface area contributed by atoms with E-state index in [9.17, 15) is 0 Å². The summed E-state index contributed by atoms with van der Waals surface area (Å²) in [6.07, 6.45) is 0. The van der Waals surface area contributed by atoms with Gasteiger partial charge in [-0.15, -0.1) is 0 Å². The summed E-state index contributed by atoms with van der Waals surface area (Å²) in [7, 11) is 0. The minimum atomic E-state index is 0.742. The number of hydrogen-bond acceptors (Lipinski definition) is 7. The van der Waals surface area contributed by atoms with Crippen molar-refractivity contribution in [1.82, 2.24) is 30.1 Å². The highest BCUT2D eigenvalue weighted by molar-refractivity contribution is 5.40. The Balaban J connectivity index is 1.42. The third-order valence-corrected chi connectivity index (χ3v) is 4.54. The molecular weight excluding hydrogens is 318 g/mol. The highest BCUT2D eigenvalue weighted by Gasteiger charge is 2.23. The fraction of sp³-hybridized carbons (Fsp3) is 0.412. The van der Waals surface area contributed by atoms with Crippen LogP contribution in [-0.4, -0.2) is 56.3 Å². The largest absolute Gasteiger partial charge is 0.444 e. The molecule has 0 radical (unpaired) electrons. The van der Waals surface area contributed by atoms with Crippen molar-refractivity contribution < 1.29 is 4.42 Å². The van der Waals surface area contributed by atoms with Gasteiger partial charge in [-0.05, 0) is 36.4 Å². The van der Waals surface area contributed by atoms with E-state index in [0.29, 0.717) is 0 Å². The van der Waals surface area contributed by atoms with E-state index in [1.54, 1.807) is 4.68 Å². The SMILES string of the molecule is Cc1nc(CN2CCN(c3nnnn3-c3ccccc3)CC2)oc1C. The lowest BCUT2D eigenvalue weighted by Crippen LogP contribution is -2.46. The third-order valence-electron chi connectivity index (χ3n) is 4.54. The first kappa shape index (κ1) is 15.8. The van der Waals surface area contributed by atoms with Crippen LogP contribution < -0.4 is 4.90 Å². The number of benzene rings is 1. The zero-order chi connectivity index (χ0) is 17.2. The van der Waals surface area contributed by atoms with Crippen molar-refractivity contribution in [1.29, 1.82) is 0 Å². The predicted octanol–water partition coefficient (Wildman–Crippen LogP) is 1.59. The van der Waals surface area contributed by atoms with E-state index in [0.717, 1.165) is 61.7 Å². The molecular formula is C17H21N7O. The molecule has 25 heavy (non-hydrogen) atoms. The molecule has 0 spiro atoms. The first-order valence-electron chi connectivity index (χ1n) is 8.45. The number of rotatable bonds is 4. The Morgan fingerprint density at radius 3 is 2.48 bits per heavy atom. The van der Waals surface area contributed by atoms with Crippen molar-refractivity contribution in [3.8, 4) is 5.69 Å². The molecule has 0 unspecified atom stereocenters. The third kappa shape index (κ3) is 3.25. The summed E-state index contributed by atoms with van der Waals surface area (Å²) in [6.45, 7) is 8.24. The Hall–Kier alpha value is -2.74. The Morgan fingerprint density at radius 2 is 1.80 bits per heavy atom. The van der Waals surface area contributed by atoms with E-state index in [1.165, 1.54) is 0 Å². The van der Waals surface area contributed by atoms with Gasteiger partial charge in [-0.2, -0.15) is 4.68 Å².